The average Bonchev–Trinajstić information content (AvgIpc) is 3.34. The third kappa shape index (κ3) is 4.52. The van der Waals surface area contributed by atoms with E-state index in [0.29, 0.717) is 44.9 Å². The number of hydrogen-bond acceptors (Lipinski definition) is 7. The summed E-state index contributed by atoms with van der Waals surface area (Å²) in [4.78, 5) is 27.4. The van der Waals surface area contributed by atoms with Gasteiger partial charge in [-0.1, -0.05) is 18.2 Å². The molecule has 0 saturated heterocycles. The van der Waals surface area contributed by atoms with Crippen LogP contribution in [0.2, 0.25) is 0 Å². The number of nitrogen functional groups attached to an aromatic ring is 1. The lowest BCUT2D eigenvalue weighted by molar-refractivity contribution is 0.231. The first-order valence-electron chi connectivity index (χ1n) is 13.4. The molecular weight excluding hydrogens is 540 g/mol. The minimum atomic E-state index is -0.680. The summed E-state index contributed by atoms with van der Waals surface area (Å²) >= 11 is 0. The molecule has 2 N–H and O–H groups in total. The minimum Gasteiger partial charge on any atom is -0.488 e. The average molecular weight is 568 g/mol. The number of nitrogens with two attached hydrogens (primary N) is 1. The van der Waals surface area contributed by atoms with Gasteiger partial charge in [0.2, 0.25) is 0 Å². The Morgan fingerprint density at radius 1 is 0.952 bits per heavy atom. The zero-order valence-electron chi connectivity index (χ0n) is 23.3. The van der Waals surface area contributed by atoms with Crippen molar-refractivity contribution in [1.82, 2.24) is 29.1 Å². The molecule has 6 aromatic rings. The smallest absolute Gasteiger partial charge is 0.266 e. The van der Waals surface area contributed by atoms with Gasteiger partial charge in [-0.25, -0.2) is 28.4 Å². The zero-order chi connectivity index (χ0) is 29.7. The molecule has 6 rings (SSSR count). The van der Waals surface area contributed by atoms with Crippen molar-refractivity contribution in [1.29, 1.82) is 0 Å². The number of aryl methyl sites for hydroxylation is 1. The third-order valence-corrected chi connectivity index (χ3v) is 7.03. The van der Waals surface area contributed by atoms with Crippen molar-refractivity contribution in [2.75, 3.05) is 5.73 Å². The molecule has 42 heavy (non-hydrogen) atoms. The van der Waals surface area contributed by atoms with Gasteiger partial charge in [0.25, 0.3) is 5.56 Å². The van der Waals surface area contributed by atoms with Gasteiger partial charge >= 0.3 is 0 Å². The predicted octanol–water partition coefficient (Wildman–Crippen LogP) is 5.73. The quantitative estimate of drug-likeness (QED) is 0.273. The van der Waals surface area contributed by atoms with E-state index in [1.807, 2.05) is 26.8 Å². The summed E-state index contributed by atoms with van der Waals surface area (Å²) in [5.41, 5.74) is 9.17. The van der Waals surface area contributed by atoms with Crippen LogP contribution in [0.15, 0.2) is 71.8 Å². The maximum absolute atomic E-state index is 15.0. The van der Waals surface area contributed by atoms with Crippen molar-refractivity contribution >= 4 is 22.5 Å². The summed E-state index contributed by atoms with van der Waals surface area (Å²) < 4.78 is 38.0. The van der Waals surface area contributed by atoms with Crippen LogP contribution in [0.25, 0.3) is 39.1 Å². The molecule has 1 atom stereocenters. The van der Waals surface area contributed by atoms with Crippen LogP contribution < -0.4 is 16.0 Å². The molecule has 4 aromatic heterocycles. The summed E-state index contributed by atoms with van der Waals surface area (Å²) in [7, 11) is 0. The Morgan fingerprint density at radius 3 is 2.48 bits per heavy atom. The van der Waals surface area contributed by atoms with E-state index >= 15 is 4.39 Å². The fraction of sp³-hybridized carbons (Fsp3) is 0.194. The molecule has 2 aromatic carbocycles. The van der Waals surface area contributed by atoms with Gasteiger partial charge in [-0.3, -0.25) is 9.20 Å². The van der Waals surface area contributed by atoms with Crippen LogP contribution in [0.3, 0.4) is 0 Å². The van der Waals surface area contributed by atoms with Crippen LogP contribution >= 0.6 is 0 Å². The SMILES string of the molecule is Cc1cccc2nc(C(C)n3nc(-c4ccc(OC(C)C)c(F)c4)c4c(N)ncnc43)c(-c3cccc(F)c3)c(=O)n12. The van der Waals surface area contributed by atoms with Crippen molar-refractivity contribution in [3.63, 3.8) is 0 Å². The van der Waals surface area contributed by atoms with E-state index in [1.54, 1.807) is 41.9 Å². The molecule has 1 unspecified atom stereocenters. The Hall–Kier alpha value is -5.19. The molecule has 11 heteroatoms. The minimum absolute atomic E-state index is 0.117. The molecule has 0 aliphatic rings. The molecule has 0 aliphatic heterocycles. The van der Waals surface area contributed by atoms with E-state index in [2.05, 4.69) is 9.97 Å². The first kappa shape index (κ1) is 27.0. The number of halogens is 2. The van der Waals surface area contributed by atoms with Gasteiger partial charge in [0, 0.05) is 11.3 Å². The van der Waals surface area contributed by atoms with Gasteiger partial charge in [-0.05, 0) is 75.7 Å². The third-order valence-electron chi connectivity index (χ3n) is 7.03. The molecule has 0 bridgehead atoms. The number of nitrogens with zero attached hydrogens (tertiary/aromatic N) is 6. The first-order valence-corrected chi connectivity index (χ1v) is 13.4. The van der Waals surface area contributed by atoms with E-state index in [-0.39, 0.29) is 28.8 Å². The van der Waals surface area contributed by atoms with Gasteiger partial charge in [-0.2, -0.15) is 5.10 Å². The van der Waals surface area contributed by atoms with Crippen molar-refractivity contribution in [2.45, 2.75) is 39.8 Å². The zero-order valence-corrected chi connectivity index (χ0v) is 23.3. The van der Waals surface area contributed by atoms with Gasteiger partial charge in [-0.15, -0.1) is 0 Å². The highest BCUT2D eigenvalue weighted by molar-refractivity contribution is 5.98. The summed E-state index contributed by atoms with van der Waals surface area (Å²) in [6, 6.07) is 15.0. The molecule has 9 nitrogen and oxygen atoms in total. The van der Waals surface area contributed by atoms with Gasteiger partial charge < -0.3 is 10.5 Å². The van der Waals surface area contributed by atoms with Gasteiger partial charge in [0.15, 0.2) is 17.2 Å². The summed E-state index contributed by atoms with van der Waals surface area (Å²) in [5, 5.41) is 5.23. The first-order chi connectivity index (χ1) is 20.1. The van der Waals surface area contributed by atoms with E-state index in [4.69, 9.17) is 20.6 Å². The van der Waals surface area contributed by atoms with Crippen LogP contribution in [0, 0.1) is 18.6 Å². The number of hydrogen-bond donors (Lipinski definition) is 1. The Bertz CT molecular complexity index is 2050. The van der Waals surface area contributed by atoms with Crippen molar-refractivity contribution in [3.8, 4) is 28.1 Å². The number of aromatic nitrogens is 6. The van der Waals surface area contributed by atoms with E-state index in [1.165, 1.54) is 35.0 Å². The van der Waals surface area contributed by atoms with Gasteiger partial charge in [0.1, 0.15) is 29.3 Å². The van der Waals surface area contributed by atoms with Crippen molar-refractivity contribution in [3.05, 3.63) is 100 Å². The molecule has 212 valence electrons. The molecule has 0 radical (unpaired) electrons. The number of rotatable bonds is 6. The molecule has 0 amide bonds. The fourth-order valence-corrected chi connectivity index (χ4v) is 5.15. The van der Waals surface area contributed by atoms with E-state index < -0.39 is 17.7 Å². The van der Waals surface area contributed by atoms with Crippen LogP contribution in [0.4, 0.5) is 14.6 Å². The second-order valence-electron chi connectivity index (χ2n) is 10.3. The second kappa shape index (κ2) is 10.3. The fourth-order valence-electron chi connectivity index (χ4n) is 5.15. The number of benzene rings is 2. The Balaban J connectivity index is 1.60. The molecular formula is C31H27F2N7O2. The predicted molar refractivity (Wildman–Crippen MR) is 156 cm³/mol. The highest BCUT2D eigenvalue weighted by atomic mass is 19.1. The van der Waals surface area contributed by atoms with Gasteiger partial charge in [0.05, 0.1) is 28.8 Å². The number of ether oxygens (including phenoxy) is 1. The number of anilines is 1. The highest BCUT2D eigenvalue weighted by Crippen LogP contribution is 2.36. The number of fused-ring (bicyclic) bond motifs is 2. The molecule has 0 saturated carbocycles. The van der Waals surface area contributed by atoms with Crippen LogP contribution in [0.1, 0.15) is 38.2 Å². The number of pyridine rings is 1. The molecule has 0 spiro atoms. The second-order valence-corrected chi connectivity index (χ2v) is 10.3. The topological polar surface area (TPSA) is 113 Å². The summed E-state index contributed by atoms with van der Waals surface area (Å²) in [6.07, 6.45) is 1.11. The van der Waals surface area contributed by atoms with Crippen LogP contribution in [0.5, 0.6) is 5.75 Å². The van der Waals surface area contributed by atoms with Crippen molar-refractivity contribution < 1.29 is 13.5 Å². The maximum Gasteiger partial charge on any atom is 0.266 e. The monoisotopic (exact) mass is 567 g/mol. The molecule has 4 heterocycles. The van der Waals surface area contributed by atoms with E-state index in [9.17, 15) is 9.18 Å². The highest BCUT2D eigenvalue weighted by Gasteiger charge is 2.27. The summed E-state index contributed by atoms with van der Waals surface area (Å²) in [5.74, 6) is -0.769. The summed E-state index contributed by atoms with van der Waals surface area (Å²) in [6.45, 7) is 7.24. The van der Waals surface area contributed by atoms with Crippen LogP contribution in [-0.2, 0) is 0 Å². The lowest BCUT2D eigenvalue weighted by Crippen LogP contribution is -2.24. The lowest BCUT2D eigenvalue weighted by Gasteiger charge is -2.18. The largest absolute Gasteiger partial charge is 0.488 e. The molecule has 0 aliphatic carbocycles. The normalized spacial score (nSPS) is 12.4. The Morgan fingerprint density at radius 2 is 1.74 bits per heavy atom. The lowest BCUT2D eigenvalue weighted by atomic mass is 10.0. The Kier molecular flexibility index (Phi) is 6.64. The molecule has 0 fully saturated rings. The Labute approximate surface area is 239 Å². The maximum atomic E-state index is 15.0. The van der Waals surface area contributed by atoms with Crippen molar-refractivity contribution in [2.24, 2.45) is 0 Å². The van der Waals surface area contributed by atoms with Crippen LogP contribution in [-0.4, -0.2) is 35.2 Å². The van der Waals surface area contributed by atoms with E-state index in [0.717, 1.165) is 0 Å². The standard InChI is InChI=1S/C31H27F2N7O2/c1-16(2)42-23-12-11-20(14-22(23)33)28-26-29(34)35-15-36-30(26)40(38-28)18(4)27-25(19-8-6-9-21(32)13-19)31(41)39-17(3)7-5-10-24(39)37-27/h5-16,18H,1-4H3,(H2,34,35,36).